The van der Waals surface area contributed by atoms with E-state index in [1.165, 1.54) is 11.1 Å². The van der Waals surface area contributed by atoms with Gasteiger partial charge in [-0.15, -0.1) is 0 Å². The molecule has 0 aromatic heterocycles. The number of rotatable bonds is 5. The zero-order valence-corrected chi connectivity index (χ0v) is 14.5. The van der Waals surface area contributed by atoms with Crippen molar-refractivity contribution >= 4 is 5.69 Å². The molecular formula is C20H22N4O. The lowest BCUT2D eigenvalue weighted by Crippen LogP contribution is -2.38. The Balaban J connectivity index is 1.64. The van der Waals surface area contributed by atoms with Gasteiger partial charge in [0.2, 0.25) is 0 Å². The van der Waals surface area contributed by atoms with Crippen molar-refractivity contribution in [2.45, 2.75) is 26.0 Å². The molecule has 2 aromatic carbocycles. The van der Waals surface area contributed by atoms with Gasteiger partial charge in [0, 0.05) is 16.5 Å². The Morgan fingerprint density at radius 2 is 1.76 bits per heavy atom. The van der Waals surface area contributed by atoms with Crippen LogP contribution < -0.4 is 5.32 Å². The molecule has 1 N–H and O–H groups in total. The lowest BCUT2D eigenvalue weighted by molar-refractivity contribution is 0.0591. The van der Waals surface area contributed by atoms with E-state index < -0.39 is 0 Å². The van der Waals surface area contributed by atoms with Crippen molar-refractivity contribution in [2.75, 3.05) is 11.9 Å². The summed E-state index contributed by atoms with van der Waals surface area (Å²) in [6.45, 7) is 4.61. The highest BCUT2D eigenvalue weighted by molar-refractivity contribution is 5.65. The van der Waals surface area contributed by atoms with E-state index in [1.807, 2.05) is 38.1 Å². The van der Waals surface area contributed by atoms with Crippen molar-refractivity contribution < 1.29 is 4.74 Å². The summed E-state index contributed by atoms with van der Waals surface area (Å²) in [5.41, 5.74) is 12.1. The zero-order valence-electron chi connectivity index (χ0n) is 14.5. The molecule has 0 bridgehead atoms. The minimum absolute atomic E-state index is 0.0331. The van der Waals surface area contributed by atoms with Crippen molar-refractivity contribution in [3.05, 3.63) is 76.9 Å². The van der Waals surface area contributed by atoms with Crippen LogP contribution in [0.15, 0.2) is 71.5 Å². The molecule has 25 heavy (non-hydrogen) atoms. The molecule has 1 heterocycles. The Bertz CT molecular complexity index is 779. The second-order valence-electron chi connectivity index (χ2n) is 6.31. The second-order valence-corrected chi connectivity index (χ2v) is 6.31. The largest absolute Gasteiger partial charge is 0.493 e. The molecule has 1 aliphatic rings. The molecule has 0 saturated heterocycles. The Hall–Kier alpha value is -2.91. The molecule has 0 saturated carbocycles. The van der Waals surface area contributed by atoms with Crippen molar-refractivity contribution in [2.24, 2.45) is 11.0 Å². The summed E-state index contributed by atoms with van der Waals surface area (Å²) in [6.07, 6.45) is 1.85. The van der Waals surface area contributed by atoms with Gasteiger partial charge < -0.3 is 10.1 Å². The molecule has 2 aromatic rings. The highest BCUT2D eigenvalue weighted by Crippen LogP contribution is 2.26. The molecule has 1 aliphatic heterocycles. The summed E-state index contributed by atoms with van der Waals surface area (Å²) in [7, 11) is 0. The minimum atomic E-state index is -0.161. The first-order chi connectivity index (χ1) is 12.2. The van der Waals surface area contributed by atoms with Gasteiger partial charge in [-0.05, 0) is 41.8 Å². The number of allylic oxidation sites excluding steroid dienone is 1. The van der Waals surface area contributed by atoms with E-state index in [0.29, 0.717) is 6.54 Å². The number of hydrogen-bond donors (Lipinski definition) is 1. The van der Waals surface area contributed by atoms with Crippen LogP contribution in [0.1, 0.15) is 13.8 Å². The average molecular weight is 334 g/mol. The summed E-state index contributed by atoms with van der Waals surface area (Å²) in [4.78, 5) is 2.94. The quantitative estimate of drug-likeness (QED) is 0.453. The maximum Gasteiger partial charge on any atom is 0.119 e. The van der Waals surface area contributed by atoms with E-state index in [1.54, 1.807) is 0 Å². The van der Waals surface area contributed by atoms with Crippen molar-refractivity contribution in [1.82, 2.24) is 0 Å². The van der Waals surface area contributed by atoms with Gasteiger partial charge in [0.1, 0.15) is 6.10 Å². The molecule has 1 unspecified atom stereocenters. The van der Waals surface area contributed by atoms with Crippen LogP contribution in [0.5, 0.6) is 0 Å². The predicted octanol–water partition coefficient (Wildman–Crippen LogP) is 5.38. The molecule has 0 radical (unpaired) electrons. The summed E-state index contributed by atoms with van der Waals surface area (Å²) >= 11 is 0. The number of ether oxygens (including phenoxy) is 1. The third kappa shape index (κ3) is 4.14. The van der Waals surface area contributed by atoms with E-state index >= 15 is 0 Å². The first-order valence-electron chi connectivity index (χ1n) is 8.46. The van der Waals surface area contributed by atoms with Crippen LogP contribution in [0.3, 0.4) is 0 Å². The zero-order chi connectivity index (χ0) is 17.6. The Morgan fingerprint density at radius 1 is 1.08 bits per heavy atom. The van der Waals surface area contributed by atoms with Crippen LogP contribution in [-0.4, -0.2) is 18.7 Å². The van der Waals surface area contributed by atoms with Gasteiger partial charge in [0.05, 0.1) is 18.3 Å². The van der Waals surface area contributed by atoms with E-state index in [-0.39, 0.29) is 18.1 Å². The van der Waals surface area contributed by atoms with E-state index in [9.17, 15) is 0 Å². The standard InChI is InChI=1S/C20H22N4O/c1-14-12-19(23-24-21)15(2)20(25-14)13-22-18-10-8-17(9-11-18)16-6-4-3-5-7-16/h3-12,15,19-20,22H,13H2,1-2H3/t15-,19-,20?/m1/s1. The monoisotopic (exact) mass is 334 g/mol. The first kappa shape index (κ1) is 16.9. The summed E-state index contributed by atoms with van der Waals surface area (Å²) in [6, 6.07) is 18.5. The fraction of sp³-hybridized carbons (Fsp3) is 0.300. The van der Waals surface area contributed by atoms with Crippen LogP contribution in [0, 0.1) is 5.92 Å². The van der Waals surface area contributed by atoms with Crippen LogP contribution in [0.4, 0.5) is 5.69 Å². The van der Waals surface area contributed by atoms with E-state index in [2.05, 4.69) is 51.7 Å². The molecule has 5 nitrogen and oxygen atoms in total. The maximum atomic E-state index is 8.71. The maximum absolute atomic E-state index is 8.71. The molecule has 128 valence electrons. The fourth-order valence-electron chi connectivity index (χ4n) is 3.05. The third-order valence-corrected chi connectivity index (χ3v) is 4.55. The highest BCUT2D eigenvalue weighted by Gasteiger charge is 2.29. The molecule has 0 fully saturated rings. The van der Waals surface area contributed by atoms with E-state index in [4.69, 9.17) is 10.3 Å². The summed E-state index contributed by atoms with van der Waals surface area (Å²) in [5.74, 6) is 0.928. The number of hydrogen-bond acceptors (Lipinski definition) is 3. The lowest BCUT2D eigenvalue weighted by atomic mass is 9.93. The summed E-state index contributed by atoms with van der Waals surface area (Å²) < 4.78 is 5.91. The molecule has 0 amide bonds. The van der Waals surface area contributed by atoms with Crippen LogP contribution in [-0.2, 0) is 4.74 Å². The molecule has 0 aliphatic carbocycles. The minimum Gasteiger partial charge on any atom is -0.493 e. The Kier molecular flexibility index (Phi) is 5.26. The van der Waals surface area contributed by atoms with E-state index in [0.717, 1.165) is 11.4 Å². The van der Waals surface area contributed by atoms with Crippen LogP contribution >= 0.6 is 0 Å². The van der Waals surface area contributed by atoms with Gasteiger partial charge in [-0.2, -0.15) is 0 Å². The first-order valence-corrected chi connectivity index (χ1v) is 8.46. The summed E-state index contributed by atoms with van der Waals surface area (Å²) in [5, 5.41) is 7.28. The number of nitrogens with zero attached hydrogens (tertiary/aromatic N) is 3. The topological polar surface area (TPSA) is 70.0 Å². The number of benzene rings is 2. The third-order valence-electron chi connectivity index (χ3n) is 4.55. The van der Waals surface area contributed by atoms with Gasteiger partial charge in [-0.3, -0.25) is 0 Å². The normalized spacial score (nSPS) is 22.3. The van der Waals surface area contributed by atoms with Gasteiger partial charge in [-0.25, -0.2) is 0 Å². The molecule has 5 heteroatoms. The van der Waals surface area contributed by atoms with Crippen molar-refractivity contribution in [3.63, 3.8) is 0 Å². The van der Waals surface area contributed by atoms with Crippen molar-refractivity contribution in [1.29, 1.82) is 0 Å². The predicted molar refractivity (Wildman–Crippen MR) is 101 cm³/mol. The van der Waals surface area contributed by atoms with Crippen LogP contribution in [0.2, 0.25) is 0 Å². The lowest BCUT2D eigenvalue weighted by Gasteiger charge is -2.33. The fourth-order valence-corrected chi connectivity index (χ4v) is 3.05. The second kappa shape index (κ2) is 7.77. The number of anilines is 1. The van der Waals surface area contributed by atoms with Gasteiger partial charge in [-0.1, -0.05) is 54.5 Å². The molecule has 0 spiro atoms. The smallest absolute Gasteiger partial charge is 0.119 e. The SMILES string of the molecule is CC1=C[C@@H](N=[N+]=[N-])[C@@H](C)C(CNc2ccc(-c3ccccc3)cc2)O1. The molecular weight excluding hydrogens is 312 g/mol. The average Bonchev–Trinajstić information content (AvgIpc) is 2.64. The Morgan fingerprint density at radius 3 is 2.44 bits per heavy atom. The molecule has 3 rings (SSSR count). The van der Waals surface area contributed by atoms with Gasteiger partial charge in [0.25, 0.3) is 0 Å². The van der Waals surface area contributed by atoms with Gasteiger partial charge >= 0.3 is 0 Å². The Labute approximate surface area is 148 Å². The van der Waals surface area contributed by atoms with Gasteiger partial charge in [0.15, 0.2) is 0 Å². The number of azide groups is 1. The molecule has 3 atom stereocenters. The van der Waals surface area contributed by atoms with Crippen molar-refractivity contribution in [3.8, 4) is 11.1 Å². The number of nitrogens with one attached hydrogen (secondary N) is 1. The highest BCUT2D eigenvalue weighted by atomic mass is 16.5. The van der Waals surface area contributed by atoms with Crippen LogP contribution in [0.25, 0.3) is 21.6 Å².